The van der Waals surface area contributed by atoms with E-state index in [0.717, 1.165) is 0 Å². The van der Waals surface area contributed by atoms with Crippen molar-refractivity contribution in [3.05, 3.63) is 33.4 Å². The van der Waals surface area contributed by atoms with E-state index >= 15 is 0 Å². The first-order chi connectivity index (χ1) is 6.95. The van der Waals surface area contributed by atoms with Crippen LogP contribution in [0.15, 0.2) is 0 Å². The maximum atomic E-state index is 1.80. The molecular weight excluding hydrogens is 168 g/mol. The lowest BCUT2D eigenvalue weighted by Gasteiger charge is -2.27. The molecule has 72 valence electrons. The minimum Gasteiger partial charge on any atom is -0.0451 e. The molecule has 14 heavy (non-hydrogen) atoms. The Morgan fingerprint density at radius 2 is 0.643 bits per heavy atom. The maximum absolute atomic E-state index is 1.80. The van der Waals surface area contributed by atoms with Crippen molar-refractivity contribution in [2.45, 2.75) is 51.4 Å². The molecule has 0 fully saturated rings. The van der Waals surface area contributed by atoms with Gasteiger partial charge in [-0.1, -0.05) is 0 Å². The summed E-state index contributed by atoms with van der Waals surface area (Å²) in [7, 11) is 0. The Hall–Kier alpha value is -0.780. The van der Waals surface area contributed by atoms with Crippen molar-refractivity contribution in [1.29, 1.82) is 0 Å². The van der Waals surface area contributed by atoms with E-state index in [1.807, 2.05) is 0 Å². The van der Waals surface area contributed by atoms with Gasteiger partial charge in [0.25, 0.3) is 0 Å². The largest absolute Gasteiger partial charge is 0.0451 e. The van der Waals surface area contributed by atoms with Crippen LogP contribution in [-0.4, -0.2) is 0 Å². The molecule has 0 unspecified atom stereocenters. The molecule has 0 spiro atoms. The summed E-state index contributed by atoms with van der Waals surface area (Å²) in [5.41, 5.74) is 10.8. The molecule has 1 aromatic carbocycles. The van der Waals surface area contributed by atoms with Crippen molar-refractivity contribution in [1.82, 2.24) is 0 Å². The second-order valence-corrected chi connectivity index (χ2v) is 5.08. The minimum absolute atomic E-state index is 1.39. The van der Waals surface area contributed by atoms with Gasteiger partial charge in [-0.3, -0.25) is 0 Å². The van der Waals surface area contributed by atoms with Crippen molar-refractivity contribution in [2.75, 3.05) is 0 Å². The van der Waals surface area contributed by atoms with Gasteiger partial charge in [0, 0.05) is 0 Å². The molecule has 4 rings (SSSR count). The summed E-state index contributed by atoms with van der Waals surface area (Å²) in [6.07, 6.45) is 11.2. The molecule has 0 amide bonds. The molecule has 0 saturated carbocycles. The fourth-order valence-electron chi connectivity index (χ4n) is 3.86. The molecule has 0 radical (unpaired) electrons. The zero-order chi connectivity index (χ0) is 9.12. The highest BCUT2D eigenvalue weighted by Crippen LogP contribution is 2.43. The predicted octanol–water partition coefficient (Wildman–Crippen LogP) is 2.76. The lowest BCUT2D eigenvalue weighted by Crippen LogP contribution is -2.16. The van der Waals surface area contributed by atoms with Crippen LogP contribution in [0.4, 0.5) is 0 Å². The Kier molecular flexibility index (Phi) is 1.30. The van der Waals surface area contributed by atoms with Gasteiger partial charge >= 0.3 is 0 Å². The lowest BCUT2D eigenvalue weighted by molar-refractivity contribution is 0.793. The zero-order valence-electron chi connectivity index (χ0n) is 8.66. The minimum atomic E-state index is 1.39. The monoisotopic (exact) mass is 184 g/mol. The van der Waals surface area contributed by atoms with Gasteiger partial charge in [-0.2, -0.15) is 0 Å². The van der Waals surface area contributed by atoms with Crippen LogP contribution in [0.2, 0.25) is 0 Å². The molecule has 0 aliphatic heterocycles. The van der Waals surface area contributed by atoms with E-state index in [2.05, 4.69) is 0 Å². The number of benzene rings is 1. The number of fused-ring (bicyclic) bond motifs is 6. The van der Waals surface area contributed by atoms with E-state index in [9.17, 15) is 0 Å². The molecule has 0 nitrogen and oxygen atoms in total. The first-order valence-corrected chi connectivity index (χ1v) is 6.12. The third-order valence-corrected chi connectivity index (χ3v) is 4.52. The Morgan fingerprint density at radius 3 is 0.929 bits per heavy atom. The van der Waals surface area contributed by atoms with Crippen molar-refractivity contribution < 1.29 is 0 Å². The highest BCUT2D eigenvalue weighted by Gasteiger charge is 2.31. The third kappa shape index (κ3) is 0.724. The second-order valence-electron chi connectivity index (χ2n) is 5.08. The van der Waals surface area contributed by atoms with Crippen molar-refractivity contribution >= 4 is 0 Å². The standard InChI is InChI=1S/C14H16/c1-3-9-10-4-2-6-12(10)14-8-7-13(14)11(9)5-1/h1-8H2. The topological polar surface area (TPSA) is 0 Å². The van der Waals surface area contributed by atoms with Crippen molar-refractivity contribution in [2.24, 2.45) is 0 Å². The summed E-state index contributed by atoms with van der Waals surface area (Å²) < 4.78 is 0. The van der Waals surface area contributed by atoms with Crippen LogP contribution in [0.3, 0.4) is 0 Å². The summed E-state index contributed by atoms with van der Waals surface area (Å²) in [5, 5.41) is 0. The van der Waals surface area contributed by atoms with E-state index in [1.165, 1.54) is 51.4 Å². The van der Waals surface area contributed by atoms with E-state index in [4.69, 9.17) is 0 Å². The van der Waals surface area contributed by atoms with Gasteiger partial charge in [0.15, 0.2) is 0 Å². The average molecular weight is 184 g/mol. The predicted molar refractivity (Wildman–Crippen MR) is 57.9 cm³/mol. The molecule has 0 N–H and O–H groups in total. The van der Waals surface area contributed by atoms with Crippen LogP contribution in [0, 0.1) is 0 Å². The van der Waals surface area contributed by atoms with Gasteiger partial charge in [0.05, 0.1) is 0 Å². The number of hydrogen-bond acceptors (Lipinski definition) is 0. The van der Waals surface area contributed by atoms with E-state index in [1.54, 1.807) is 33.4 Å². The van der Waals surface area contributed by atoms with Crippen molar-refractivity contribution in [3.63, 3.8) is 0 Å². The van der Waals surface area contributed by atoms with Crippen LogP contribution < -0.4 is 0 Å². The molecule has 3 aliphatic rings. The van der Waals surface area contributed by atoms with Gasteiger partial charge in [-0.05, 0) is 84.7 Å². The maximum Gasteiger partial charge on any atom is -0.0232 e. The van der Waals surface area contributed by atoms with Crippen LogP contribution in [-0.2, 0) is 38.5 Å². The van der Waals surface area contributed by atoms with Gasteiger partial charge in [0.1, 0.15) is 0 Å². The smallest absolute Gasteiger partial charge is 0.0232 e. The second kappa shape index (κ2) is 2.42. The number of hydrogen-bond donors (Lipinski definition) is 0. The zero-order valence-corrected chi connectivity index (χ0v) is 8.66. The molecule has 0 atom stereocenters. The Bertz CT molecular complexity index is 385. The van der Waals surface area contributed by atoms with E-state index < -0.39 is 0 Å². The lowest BCUT2D eigenvalue weighted by atomic mass is 9.78. The van der Waals surface area contributed by atoms with Gasteiger partial charge in [-0.25, -0.2) is 0 Å². The summed E-state index contributed by atoms with van der Waals surface area (Å²) in [5.74, 6) is 0. The highest BCUT2D eigenvalue weighted by atomic mass is 14.4. The fraction of sp³-hybridized carbons (Fsp3) is 0.571. The third-order valence-electron chi connectivity index (χ3n) is 4.52. The Labute approximate surface area is 85.3 Å². The van der Waals surface area contributed by atoms with E-state index in [0.29, 0.717) is 0 Å². The Balaban J connectivity index is 2.09. The molecule has 0 aromatic heterocycles. The molecule has 3 aliphatic carbocycles. The number of rotatable bonds is 0. The highest BCUT2D eigenvalue weighted by molar-refractivity contribution is 5.58. The molecular formula is C14H16. The molecule has 1 aromatic rings. The fourth-order valence-corrected chi connectivity index (χ4v) is 3.86. The Morgan fingerprint density at radius 1 is 0.357 bits per heavy atom. The van der Waals surface area contributed by atoms with Crippen molar-refractivity contribution in [3.8, 4) is 0 Å². The van der Waals surface area contributed by atoms with Gasteiger partial charge in [-0.15, -0.1) is 0 Å². The van der Waals surface area contributed by atoms with Gasteiger partial charge < -0.3 is 0 Å². The molecule has 0 saturated heterocycles. The van der Waals surface area contributed by atoms with E-state index in [-0.39, 0.29) is 0 Å². The quantitative estimate of drug-likeness (QED) is 0.581. The summed E-state index contributed by atoms with van der Waals surface area (Å²) in [4.78, 5) is 0. The molecule has 0 bridgehead atoms. The summed E-state index contributed by atoms with van der Waals surface area (Å²) >= 11 is 0. The van der Waals surface area contributed by atoms with Crippen LogP contribution in [0.1, 0.15) is 46.2 Å². The summed E-state index contributed by atoms with van der Waals surface area (Å²) in [6.45, 7) is 0. The van der Waals surface area contributed by atoms with Gasteiger partial charge in [0.2, 0.25) is 0 Å². The first-order valence-electron chi connectivity index (χ1n) is 6.12. The van der Waals surface area contributed by atoms with Crippen LogP contribution in [0.25, 0.3) is 0 Å². The van der Waals surface area contributed by atoms with Crippen LogP contribution >= 0.6 is 0 Å². The normalized spacial score (nSPS) is 21.4. The molecule has 0 heteroatoms. The molecule has 0 heterocycles. The average Bonchev–Trinajstić information content (AvgIpc) is 2.69. The summed E-state index contributed by atoms with van der Waals surface area (Å²) in [6, 6.07) is 0. The first kappa shape index (κ1) is 7.50. The SMILES string of the molecule is C1Cc2c3c(c4c(c2C1)CC4)CCC3. The van der Waals surface area contributed by atoms with Crippen LogP contribution in [0.5, 0.6) is 0 Å².